The van der Waals surface area contributed by atoms with Crippen molar-refractivity contribution in [1.82, 2.24) is 4.90 Å². The number of likely N-dealkylation sites (tertiary alicyclic amines) is 1. The lowest BCUT2D eigenvalue weighted by atomic mass is 9.87. The SMILES string of the molecule is CC(C)(C)c1ccc(/C=C/C(=O)N2CCC3(CC2)OCCO3)cc1. The van der Waals surface area contributed by atoms with Gasteiger partial charge in [0.15, 0.2) is 5.79 Å². The van der Waals surface area contributed by atoms with Gasteiger partial charge in [0, 0.05) is 32.0 Å². The van der Waals surface area contributed by atoms with Gasteiger partial charge in [-0.3, -0.25) is 4.79 Å². The van der Waals surface area contributed by atoms with Crippen molar-refractivity contribution < 1.29 is 14.3 Å². The molecule has 0 saturated carbocycles. The molecule has 0 unspecified atom stereocenters. The molecule has 1 aromatic rings. The second-order valence-electron chi connectivity index (χ2n) is 7.64. The number of amides is 1. The van der Waals surface area contributed by atoms with Gasteiger partial charge in [-0.15, -0.1) is 0 Å². The van der Waals surface area contributed by atoms with Crippen molar-refractivity contribution >= 4 is 12.0 Å². The van der Waals surface area contributed by atoms with E-state index in [0.29, 0.717) is 26.3 Å². The Morgan fingerprint density at radius 2 is 1.67 bits per heavy atom. The summed E-state index contributed by atoms with van der Waals surface area (Å²) in [5.41, 5.74) is 2.49. The van der Waals surface area contributed by atoms with E-state index < -0.39 is 5.79 Å². The molecule has 1 spiro atoms. The molecule has 2 aliphatic heterocycles. The number of hydrogen-bond donors (Lipinski definition) is 0. The zero-order valence-electron chi connectivity index (χ0n) is 14.9. The summed E-state index contributed by atoms with van der Waals surface area (Å²) in [7, 11) is 0. The monoisotopic (exact) mass is 329 g/mol. The smallest absolute Gasteiger partial charge is 0.246 e. The molecule has 24 heavy (non-hydrogen) atoms. The molecule has 0 aromatic heterocycles. The molecular weight excluding hydrogens is 302 g/mol. The normalized spacial score (nSPS) is 20.9. The van der Waals surface area contributed by atoms with Crippen LogP contribution in [0.3, 0.4) is 0 Å². The Morgan fingerprint density at radius 3 is 2.21 bits per heavy atom. The van der Waals surface area contributed by atoms with Crippen molar-refractivity contribution in [2.75, 3.05) is 26.3 Å². The maximum Gasteiger partial charge on any atom is 0.246 e. The third-order valence-electron chi connectivity index (χ3n) is 4.85. The number of carbonyl (C=O) groups is 1. The summed E-state index contributed by atoms with van der Waals surface area (Å²) in [4.78, 5) is 14.2. The van der Waals surface area contributed by atoms with Gasteiger partial charge in [0.2, 0.25) is 5.91 Å². The average molecular weight is 329 g/mol. The molecule has 0 bridgehead atoms. The standard InChI is InChI=1S/C20H27NO3/c1-19(2,3)17-7-4-16(5-8-17)6-9-18(22)21-12-10-20(11-13-21)23-14-15-24-20/h4-9H,10-15H2,1-3H3/b9-6+. The number of benzene rings is 1. The Kier molecular flexibility index (Phi) is 4.79. The highest BCUT2D eigenvalue weighted by Gasteiger charge is 2.40. The van der Waals surface area contributed by atoms with Gasteiger partial charge in [0.25, 0.3) is 0 Å². The van der Waals surface area contributed by atoms with Crippen molar-refractivity contribution in [3.63, 3.8) is 0 Å². The van der Waals surface area contributed by atoms with Crippen molar-refractivity contribution in [2.45, 2.75) is 44.8 Å². The van der Waals surface area contributed by atoms with E-state index in [9.17, 15) is 4.79 Å². The lowest BCUT2D eigenvalue weighted by Gasteiger charge is -2.37. The molecule has 2 fully saturated rings. The fourth-order valence-electron chi connectivity index (χ4n) is 3.22. The quantitative estimate of drug-likeness (QED) is 0.781. The Morgan fingerprint density at radius 1 is 1.08 bits per heavy atom. The average Bonchev–Trinajstić information content (AvgIpc) is 3.01. The Hall–Kier alpha value is -1.65. The molecule has 3 rings (SSSR count). The highest BCUT2D eigenvalue weighted by molar-refractivity contribution is 5.91. The summed E-state index contributed by atoms with van der Waals surface area (Å²) in [6, 6.07) is 8.39. The maximum absolute atomic E-state index is 12.4. The van der Waals surface area contributed by atoms with Crippen LogP contribution in [0.15, 0.2) is 30.3 Å². The minimum absolute atomic E-state index is 0.0581. The molecule has 2 heterocycles. The fourth-order valence-corrected chi connectivity index (χ4v) is 3.22. The van der Waals surface area contributed by atoms with Crippen LogP contribution >= 0.6 is 0 Å². The van der Waals surface area contributed by atoms with Gasteiger partial charge >= 0.3 is 0 Å². The van der Waals surface area contributed by atoms with E-state index in [2.05, 4.69) is 45.0 Å². The zero-order chi connectivity index (χ0) is 17.2. The first-order valence-electron chi connectivity index (χ1n) is 8.73. The molecular formula is C20H27NO3. The molecule has 130 valence electrons. The zero-order valence-corrected chi connectivity index (χ0v) is 14.9. The van der Waals surface area contributed by atoms with Crippen LogP contribution in [-0.4, -0.2) is 42.9 Å². The predicted octanol–water partition coefficient (Wildman–Crippen LogP) is 3.36. The van der Waals surface area contributed by atoms with Crippen LogP contribution in [0.25, 0.3) is 6.08 Å². The van der Waals surface area contributed by atoms with E-state index in [1.165, 1.54) is 5.56 Å². The minimum Gasteiger partial charge on any atom is -0.347 e. The van der Waals surface area contributed by atoms with Crippen molar-refractivity contribution in [2.24, 2.45) is 0 Å². The number of piperidine rings is 1. The van der Waals surface area contributed by atoms with Crippen LogP contribution in [0, 0.1) is 0 Å². The summed E-state index contributed by atoms with van der Waals surface area (Å²) >= 11 is 0. The van der Waals surface area contributed by atoms with E-state index in [4.69, 9.17) is 9.47 Å². The van der Waals surface area contributed by atoms with Crippen molar-refractivity contribution in [3.05, 3.63) is 41.5 Å². The molecule has 0 radical (unpaired) electrons. The van der Waals surface area contributed by atoms with Gasteiger partial charge < -0.3 is 14.4 Å². The largest absolute Gasteiger partial charge is 0.347 e. The summed E-state index contributed by atoms with van der Waals surface area (Å²) in [5, 5.41) is 0. The lowest BCUT2D eigenvalue weighted by molar-refractivity contribution is -0.186. The highest BCUT2D eigenvalue weighted by Crippen LogP contribution is 2.31. The van der Waals surface area contributed by atoms with E-state index >= 15 is 0 Å². The van der Waals surface area contributed by atoms with Gasteiger partial charge in [0.05, 0.1) is 13.2 Å². The number of ether oxygens (including phenoxy) is 2. The van der Waals surface area contributed by atoms with Gasteiger partial charge in [-0.1, -0.05) is 45.0 Å². The number of nitrogens with zero attached hydrogens (tertiary/aromatic N) is 1. The molecule has 1 aromatic carbocycles. The molecule has 2 aliphatic rings. The topological polar surface area (TPSA) is 38.8 Å². The first kappa shape index (κ1) is 17.2. The van der Waals surface area contributed by atoms with Crippen molar-refractivity contribution in [3.8, 4) is 0 Å². The number of hydrogen-bond acceptors (Lipinski definition) is 3. The lowest BCUT2D eigenvalue weighted by Crippen LogP contribution is -2.46. The first-order chi connectivity index (χ1) is 11.4. The van der Waals surface area contributed by atoms with Crippen LogP contribution < -0.4 is 0 Å². The number of rotatable bonds is 2. The minimum atomic E-state index is -0.427. The molecule has 0 aliphatic carbocycles. The summed E-state index contributed by atoms with van der Waals surface area (Å²) < 4.78 is 11.4. The predicted molar refractivity (Wildman–Crippen MR) is 94.6 cm³/mol. The van der Waals surface area contributed by atoms with Crippen LogP contribution in [0.1, 0.15) is 44.7 Å². The van der Waals surface area contributed by atoms with E-state index in [1.54, 1.807) is 6.08 Å². The molecule has 2 saturated heterocycles. The Bertz CT molecular complexity index is 597. The third-order valence-corrected chi connectivity index (χ3v) is 4.85. The van der Waals surface area contributed by atoms with Gasteiger partial charge in [-0.05, 0) is 22.6 Å². The van der Waals surface area contributed by atoms with Crippen LogP contribution in [0.5, 0.6) is 0 Å². The third kappa shape index (κ3) is 3.87. The van der Waals surface area contributed by atoms with Crippen LogP contribution in [0.2, 0.25) is 0 Å². The van der Waals surface area contributed by atoms with Gasteiger partial charge in [0.1, 0.15) is 0 Å². The summed E-state index contributed by atoms with van der Waals surface area (Å²) in [6.07, 6.45) is 5.07. The van der Waals surface area contributed by atoms with E-state index in [1.807, 2.05) is 11.0 Å². The Balaban J connectivity index is 1.56. The van der Waals surface area contributed by atoms with E-state index in [-0.39, 0.29) is 11.3 Å². The molecule has 1 amide bonds. The summed E-state index contributed by atoms with van der Waals surface area (Å²) in [5.74, 6) is -0.369. The molecule has 4 heteroatoms. The Labute approximate surface area is 144 Å². The van der Waals surface area contributed by atoms with Crippen LogP contribution in [-0.2, 0) is 19.7 Å². The maximum atomic E-state index is 12.4. The fraction of sp³-hybridized carbons (Fsp3) is 0.550. The highest BCUT2D eigenvalue weighted by atomic mass is 16.7. The number of carbonyl (C=O) groups excluding carboxylic acids is 1. The second kappa shape index (κ2) is 6.69. The van der Waals surface area contributed by atoms with Crippen LogP contribution in [0.4, 0.5) is 0 Å². The molecule has 0 N–H and O–H groups in total. The van der Waals surface area contributed by atoms with Gasteiger partial charge in [-0.25, -0.2) is 0 Å². The van der Waals surface area contributed by atoms with Crippen molar-refractivity contribution in [1.29, 1.82) is 0 Å². The first-order valence-corrected chi connectivity index (χ1v) is 8.73. The van der Waals surface area contributed by atoms with Gasteiger partial charge in [-0.2, -0.15) is 0 Å². The summed E-state index contributed by atoms with van der Waals surface area (Å²) in [6.45, 7) is 9.29. The molecule has 4 nitrogen and oxygen atoms in total. The second-order valence-corrected chi connectivity index (χ2v) is 7.64. The molecule has 0 atom stereocenters. The van der Waals surface area contributed by atoms with E-state index in [0.717, 1.165) is 18.4 Å².